The number of rotatable bonds is 3. The van der Waals surface area contributed by atoms with Crippen LogP contribution in [-0.4, -0.2) is 96.0 Å². The maximum Gasteiger partial charge on any atom is 0.417 e. The Morgan fingerprint density at radius 1 is 1.37 bits per heavy atom. The van der Waals surface area contributed by atoms with E-state index < -0.39 is 17.2 Å². The molecule has 4 aliphatic heterocycles. The molecule has 1 amide bonds. The molecule has 3 fully saturated rings. The monoisotopic (exact) mass is 551 g/mol. The molecule has 206 valence electrons. The maximum atomic E-state index is 14.3. The number of aliphatic imine (C=N–C) groups is 2. The molecule has 8 nitrogen and oxygen atoms in total. The van der Waals surface area contributed by atoms with Gasteiger partial charge in [0.25, 0.3) is 0 Å². The second-order valence-electron chi connectivity index (χ2n) is 10.8. The Hall–Kier alpha value is -2.18. The first-order valence-electron chi connectivity index (χ1n) is 13.2. The van der Waals surface area contributed by atoms with E-state index >= 15 is 0 Å². The van der Waals surface area contributed by atoms with Gasteiger partial charge in [-0.1, -0.05) is 11.8 Å². The summed E-state index contributed by atoms with van der Waals surface area (Å²) in [5.41, 5.74) is 0.723. The molecule has 1 aromatic heterocycles. The van der Waals surface area contributed by atoms with E-state index in [0.29, 0.717) is 50.4 Å². The van der Waals surface area contributed by atoms with Gasteiger partial charge in [-0.15, -0.1) is 0 Å². The van der Waals surface area contributed by atoms with E-state index in [-0.39, 0.29) is 30.5 Å². The Bertz CT molecular complexity index is 1160. The van der Waals surface area contributed by atoms with Crippen molar-refractivity contribution in [1.82, 2.24) is 14.8 Å². The van der Waals surface area contributed by atoms with E-state index in [9.17, 15) is 18.0 Å². The summed E-state index contributed by atoms with van der Waals surface area (Å²) >= 11 is 1.73. The number of hydrogen-bond acceptors (Lipinski definition) is 8. The first kappa shape index (κ1) is 26.1. The van der Waals surface area contributed by atoms with E-state index in [1.54, 1.807) is 23.8 Å². The summed E-state index contributed by atoms with van der Waals surface area (Å²) in [7, 11) is 1.67. The number of carbonyl (C=O) groups is 1. The molecule has 0 radical (unpaired) electrons. The molecule has 0 spiro atoms. The lowest BCUT2D eigenvalue weighted by atomic mass is 9.79. The van der Waals surface area contributed by atoms with Crippen molar-refractivity contribution in [2.75, 3.05) is 52.3 Å². The fourth-order valence-electron chi connectivity index (χ4n) is 6.61. The Morgan fingerprint density at radius 3 is 3.00 bits per heavy atom. The van der Waals surface area contributed by atoms with Gasteiger partial charge in [0.1, 0.15) is 6.10 Å². The van der Waals surface area contributed by atoms with Crippen molar-refractivity contribution in [3.63, 3.8) is 0 Å². The average Bonchev–Trinajstić information content (AvgIpc) is 3.63. The quantitative estimate of drug-likeness (QED) is 0.575. The van der Waals surface area contributed by atoms with Crippen LogP contribution in [0.3, 0.4) is 0 Å². The van der Waals surface area contributed by atoms with Gasteiger partial charge < -0.3 is 19.3 Å². The predicted octanol–water partition coefficient (Wildman–Crippen LogP) is 3.04. The number of ether oxygens (including phenoxy) is 2. The number of hydrogen-bond donors (Lipinski definition) is 0. The summed E-state index contributed by atoms with van der Waals surface area (Å²) in [4.78, 5) is 32.1. The highest BCUT2D eigenvalue weighted by molar-refractivity contribution is 8.14. The van der Waals surface area contributed by atoms with Gasteiger partial charge in [-0.2, -0.15) is 13.2 Å². The number of pyridine rings is 1. The molecule has 0 N–H and O–H groups in total. The Balaban J connectivity index is 1.27. The summed E-state index contributed by atoms with van der Waals surface area (Å²) in [6.45, 7) is 3.84. The molecule has 2 unspecified atom stereocenters. The standard InChI is InChI=1S/C26H32F3N5O3S/c1-36-22-14-37-6-3-21(22)32-19-9-18-13-34(24-30-4-7-38-24)15-25(18,10-19)23(35)33-5-2-20-16(12-33)8-17(11-31-20)26(27,28)29/h8,11,18,21-22H,2-7,9-10,12-15H2,1H3/t18-,21?,22?,25-/m0/s1. The summed E-state index contributed by atoms with van der Waals surface area (Å²) in [5, 5.41) is 0.997. The number of aromatic nitrogens is 1. The molecule has 5 heterocycles. The molecule has 38 heavy (non-hydrogen) atoms. The van der Waals surface area contributed by atoms with Gasteiger partial charge in [-0.3, -0.25) is 19.8 Å². The zero-order chi connectivity index (χ0) is 26.5. The second kappa shape index (κ2) is 10.1. The van der Waals surface area contributed by atoms with E-state index in [1.165, 1.54) is 0 Å². The fraction of sp³-hybridized carbons (Fsp3) is 0.692. The van der Waals surface area contributed by atoms with E-state index in [1.807, 2.05) is 0 Å². The molecule has 4 atom stereocenters. The third-order valence-electron chi connectivity index (χ3n) is 8.54. The first-order chi connectivity index (χ1) is 18.3. The number of carbonyl (C=O) groups excluding carboxylic acids is 1. The molecule has 1 aromatic rings. The smallest absolute Gasteiger partial charge is 0.379 e. The average molecular weight is 552 g/mol. The number of nitrogens with zero attached hydrogens (tertiary/aromatic N) is 5. The van der Waals surface area contributed by atoms with Gasteiger partial charge in [0.05, 0.1) is 30.2 Å². The highest BCUT2D eigenvalue weighted by atomic mass is 32.2. The SMILES string of the molecule is COC1COCCC1N=C1C[C@H]2CN(C3=NCCS3)C[C@@]2(C(=O)N2CCc3ncc(C(F)(F)F)cc3C2)C1. The summed E-state index contributed by atoms with van der Waals surface area (Å²) in [6, 6.07) is 1.16. The number of fused-ring (bicyclic) bond motifs is 2. The molecule has 0 aromatic carbocycles. The molecule has 5 aliphatic rings. The minimum atomic E-state index is -4.47. The molecular weight excluding hydrogens is 519 g/mol. The van der Waals surface area contributed by atoms with Crippen molar-refractivity contribution >= 4 is 28.5 Å². The van der Waals surface area contributed by atoms with Crippen molar-refractivity contribution in [1.29, 1.82) is 0 Å². The van der Waals surface area contributed by atoms with E-state index in [4.69, 9.17) is 14.5 Å². The number of amides is 1. The summed E-state index contributed by atoms with van der Waals surface area (Å²) in [5.74, 6) is 1.04. The first-order valence-corrected chi connectivity index (χ1v) is 14.2. The lowest BCUT2D eigenvalue weighted by Crippen LogP contribution is -2.49. The van der Waals surface area contributed by atoms with Crippen LogP contribution in [0.4, 0.5) is 13.2 Å². The Morgan fingerprint density at radius 2 is 2.24 bits per heavy atom. The zero-order valence-corrected chi connectivity index (χ0v) is 22.2. The van der Waals surface area contributed by atoms with Crippen LogP contribution in [0.2, 0.25) is 0 Å². The number of thioether (sulfide) groups is 1. The summed E-state index contributed by atoms with van der Waals surface area (Å²) in [6.07, 6.45) is -1.15. The minimum absolute atomic E-state index is 0.00863. The normalized spacial score (nSPS) is 32.5. The third kappa shape index (κ3) is 4.72. The van der Waals surface area contributed by atoms with E-state index in [2.05, 4.69) is 14.9 Å². The van der Waals surface area contributed by atoms with Crippen LogP contribution in [-0.2, 0) is 33.4 Å². The molecule has 6 rings (SSSR count). The Labute approximate surface area is 224 Å². The van der Waals surface area contributed by atoms with Crippen molar-refractivity contribution in [3.8, 4) is 0 Å². The third-order valence-corrected chi connectivity index (χ3v) is 9.57. The van der Waals surface area contributed by atoms with Crippen molar-refractivity contribution in [2.45, 2.75) is 50.6 Å². The molecule has 1 saturated carbocycles. The van der Waals surface area contributed by atoms with Gasteiger partial charge in [0.2, 0.25) is 5.91 Å². The van der Waals surface area contributed by atoms with Gasteiger partial charge in [0.15, 0.2) is 5.17 Å². The van der Waals surface area contributed by atoms with Crippen LogP contribution < -0.4 is 0 Å². The minimum Gasteiger partial charge on any atom is -0.379 e. The maximum absolute atomic E-state index is 14.3. The topological polar surface area (TPSA) is 79.6 Å². The van der Waals surface area contributed by atoms with Crippen LogP contribution in [0, 0.1) is 11.3 Å². The van der Waals surface area contributed by atoms with Crippen LogP contribution in [0.1, 0.15) is 36.1 Å². The van der Waals surface area contributed by atoms with Gasteiger partial charge >= 0.3 is 6.18 Å². The van der Waals surface area contributed by atoms with Crippen molar-refractivity contribution < 1.29 is 27.4 Å². The van der Waals surface area contributed by atoms with Crippen molar-refractivity contribution in [3.05, 3.63) is 29.1 Å². The van der Waals surface area contributed by atoms with Gasteiger partial charge in [0, 0.05) is 76.1 Å². The fourth-order valence-corrected chi connectivity index (χ4v) is 7.48. The van der Waals surface area contributed by atoms with Crippen LogP contribution in [0.25, 0.3) is 0 Å². The largest absolute Gasteiger partial charge is 0.417 e. The molecule has 2 saturated heterocycles. The highest BCUT2D eigenvalue weighted by Crippen LogP contribution is 2.50. The number of amidine groups is 1. The molecule has 0 bridgehead atoms. The number of likely N-dealkylation sites (tertiary alicyclic amines) is 1. The predicted molar refractivity (Wildman–Crippen MR) is 137 cm³/mol. The Kier molecular flexibility index (Phi) is 6.92. The van der Waals surface area contributed by atoms with Crippen LogP contribution in [0.5, 0.6) is 0 Å². The van der Waals surface area contributed by atoms with Gasteiger partial charge in [-0.25, -0.2) is 0 Å². The lowest BCUT2D eigenvalue weighted by Gasteiger charge is -2.37. The summed E-state index contributed by atoms with van der Waals surface area (Å²) < 4.78 is 51.2. The highest BCUT2D eigenvalue weighted by Gasteiger charge is 2.58. The molecular formula is C26H32F3N5O3S. The molecule has 1 aliphatic carbocycles. The van der Waals surface area contributed by atoms with E-state index in [0.717, 1.165) is 54.8 Å². The van der Waals surface area contributed by atoms with Crippen LogP contribution in [0.15, 0.2) is 22.2 Å². The molecule has 12 heteroatoms. The van der Waals surface area contributed by atoms with Crippen molar-refractivity contribution in [2.24, 2.45) is 21.3 Å². The second-order valence-corrected chi connectivity index (χ2v) is 11.9. The number of alkyl halides is 3. The zero-order valence-electron chi connectivity index (χ0n) is 21.4. The number of halogens is 3. The number of methoxy groups -OCH3 is 1. The van der Waals surface area contributed by atoms with Gasteiger partial charge in [-0.05, 0) is 30.4 Å². The van der Waals surface area contributed by atoms with Crippen LogP contribution >= 0.6 is 11.8 Å². The lowest BCUT2D eigenvalue weighted by molar-refractivity contribution is -0.143.